The Hall–Kier alpha value is -2.52. The number of rotatable bonds is 6. The Labute approximate surface area is 185 Å². The number of nitrogens with one attached hydrogen (secondary N) is 1. The van der Waals surface area contributed by atoms with E-state index in [-0.39, 0.29) is 24.3 Å². The number of halogens is 1. The fourth-order valence-corrected chi connectivity index (χ4v) is 4.81. The number of amides is 2. The number of likely N-dealkylation sites (tertiary alicyclic amines) is 1. The number of nitrogens with zero attached hydrogens (tertiary/aromatic N) is 5. The average Bonchev–Trinajstić information content (AvgIpc) is 3.49. The van der Waals surface area contributed by atoms with E-state index in [1.54, 1.807) is 23.1 Å². The molecule has 0 spiro atoms. The molecule has 2 atom stereocenters. The number of benzene rings is 1. The Kier molecular flexibility index (Phi) is 6.82. The summed E-state index contributed by atoms with van der Waals surface area (Å²) in [5, 5.41) is 25.3. The Balaban J connectivity index is 1.41. The molecule has 2 aliphatic rings. The second-order valence-electron chi connectivity index (χ2n) is 8.28. The standard InChI is InChI=1S/C21H27ClN6O3/c22-16-8-9-17(28-13-24-25-26-28)15(11-16)12-23-20(30)18-7-4-10-27(18)21(31)19(29)14-5-2-1-3-6-14/h8-9,11,13-14,18-19,29H,1-7,10,12H2,(H,23,30)/t18-,19+/m0/s1. The number of carbonyl (C=O) groups excluding carboxylic acids is 2. The molecule has 10 heteroatoms. The van der Waals surface area contributed by atoms with Gasteiger partial charge in [-0.05, 0) is 65.8 Å². The van der Waals surface area contributed by atoms with Crippen LogP contribution >= 0.6 is 11.6 Å². The van der Waals surface area contributed by atoms with E-state index in [0.29, 0.717) is 23.7 Å². The molecular formula is C21H27ClN6O3. The molecule has 1 aromatic heterocycles. The Morgan fingerprint density at radius 1 is 1.19 bits per heavy atom. The predicted molar refractivity (Wildman–Crippen MR) is 113 cm³/mol. The van der Waals surface area contributed by atoms with E-state index in [1.165, 1.54) is 11.0 Å². The normalized spacial score (nSPS) is 20.6. The third kappa shape index (κ3) is 4.88. The highest BCUT2D eigenvalue weighted by Crippen LogP contribution is 2.29. The zero-order valence-corrected chi connectivity index (χ0v) is 18.0. The van der Waals surface area contributed by atoms with Gasteiger partial charge in [-0.1, -0.05) is 30.9 Å². The minimum atomic E-state index is -1.02. The van der Waals surface area contributed by atoms with Crippen molar-refractivity contribution in [2.75, 3.05) is 6.54 Å². The van der Waals surface area contributed by atoms with Crippen LogP contribution in [0.15, 0.2) is 24.5 Å². The zero-order valence-electron chi connectivity index (χ0n) is 17.3. The predicted octanol–water partition coefficient (Wildman–Crippen LogP) is 1.86. The van der Waals surface area contributed by atoms with Crippen molar-refractivity contribution in [1.29, 1.82) is 0 Å². The van der Waals surface area contributed by atoms with Crippen LogP contribution in [0.5, 0.6) is 0 Å². The molecular weight excluding hydrogens is 420 g/mol. The number of tetrazole rings is 1. The van der Waals surface area contributed by atoms with Crippen LogP contribution in [0.2, 0.25) is 5.02 Å². The monoisotopic (exact) mass is 446 g/mol. The third-order valence-electron chi connectivity index (χ3n) is 6.28. The number of aliphatic hydroxyl groups excluding tert-OH is 1. The highest BCUT2D eigenvalue weighted by Gasteiger charge is 2.39. The van der Waals surface area contributed by atoms with Gasteiger partial charge in [-0.15, -0.1) is 5.10 Å². The summed E-state index contributed by atoms with van der Waals surface area (Å²) < 4.78 is 1.50. The minimum absolute atomic E-state index is 0.00382. The van der Waals surface area contributed by atoms with Crippen LogP contribution in [0.25, 0.3) is 5.69 Å². The van der Waals surface area contributed by atoms with Crippen LogP contribution in [-0.4, -0.2) is 60.7 Å². The summed E-state index contributed by atoms with van der Waals surface area (Å²) in [6.45, 7) is 0.714. The molecule has 31 heavy (non-hydrogen) atoms. The lowest BCUT2D eigenvalue weighted by Gasteiger charge is -2.31. The topological polar surface area (TPSA) is 113 Å². The van der Waals surface area contributed by atoms with Gasteiger partial charge < -0.3 is 15.3 Å². The van der Waals surface area contributed by atoms with Crippen molar-refractivity contribution in [3.05, 3.63) is 35.1 Å². The molecule has 9 nitrogen and oxygen atoms in total. The second-order valence-corrected chi connectivity index (χ2v) is 8.71. The van der Waals surface area contributed by atoms with Gasteiger partial charge in [-0.25, -0.2) is 4.68 Å². The van der Waals surface area contributed by atoms with Gasteiger partial charge in [0.1, 0.15) is 18.5 Å². The Morgan fingerprint density at radius 3 is 2.74 bits per heavy atom. The molecule has 4 rings (SSSR count). The SMILES string of the molecule is O=C(NCc1cc(Cl)ccc1-n1cnnn1)[C@@H]1CCCN1C(=O)[C@H](O)C1CCCCC1. The first-order valence-electron chi connectivity index (χ1n) is 10.8. The molecule has 1 aliphatic carbocycles. The Morgan fingerprint density at radius 2 is 2.00 bits per heavy atom. The first kappa shape index (κ1) is 21.7. The highest BCUT2D eigenvalue weighted by molar-refractivity contribution is 6.30. The molecule has 1 saturated carbocycles. The van der Waals surface area contributed by atoms with Gasteiger partial charge in [0.15, 0.2) is 0 Å². The summed E-state index contributed by atoms with van der Waals surface area (Å²) in [7, 11) is 0. The van der Waals surface area contributed by atoms with E-state index in [9.17, 15) is 14.7 Å². The molecule has 1 aliphatic heterocycles. The minimum Gasteiger partial charge on any atom is -0.383 e. The third-order valence-corrected chi connectivity index (χ3v) is 6.51. The quantitative estimate of drug-likeness (QED) is 0.700. The van der Waals surface area contributed by atoms with Crippen LogP contribution in [0.1, 0.15) is 50.5 Å². The first-order chi connectivity index (χ1) is 15.0. The molecule has 2 amide bonds. The molecule has 2 aromatic rings. The smallest absolute Gasteiger partial charge is 0.252 e. The van der Waals surface area contributed by atoms with Gasteiger partial charge in [0, 0.05) is 18.1 Å². The van der Waals surface area contributed by atoms with Crippen molar-refractivity contribution in [2.45, 2.75) is 63.6 Å². The van der Waals surface area contributed by atoms with E-state index in [0.717, 1.165) is 44.1 Å². The molecule has 2 fully saturated rings. The summed E-state index contributed by atoms with van der Waals surface area (Å²) in [5.41, 5.74) is 1.47. The molecule has 2 heterocycles. The van der Waals surface area contributed by atoms with Crippen molar-refractivity contribution in [1.82, 2.24) is 30.4 Å². The molecule has 2 N–H and O–H groups in total. The highest BCUT2D eigenvalue weighted by atomic mass is 35.5. The largest absolute Gasteiger partial charge is 0.383 e. The lowest BCUT2D eigenvalue weighted by atomic mass is 9.84. The summed E-state index contributed by atoms with van der Waals surface area (Å²) >= 11 is 6.14. The van der Waals surface area contributed by atoms with E-state index in [1.807, 2.05) is 0 Å². The number of hydrogen-bond donors (Lipinski definition) is 2. The van der Waals surface area contributed by atoms with E-state index in [2.05, 4.69) is 20.8 Å². The van der Waals surface area contributed by atoms with Crippen molar-refractivity contribution >= 4 is 23.4 Å². The number of carbonyl (C=O) groups is 2. The van der Waals surface area contributed by atoms with Crippen molar-refractivity contribution in [3.63, 3.8) is 0 Å². The van der Waals surface area contributed by atoms with Gasteiger partial charge in [-0.2, -0.15) is 0 Å². The molecule has 1 saturated heterocycles. The van der Waals surface area contributed by atoms with Crippen molar-refractivity contribution in [2.24, 2.45) is 5.92 Å². The molecule has 166 valence electrons. The number of aromatic nitrogens is 4. The van der Waals surface area contributed by atoms with E-state index in [4.69, 9.17) is 11.6 Å². The zero-order chi connectivity index (χ0) is 21.8. The fraction of sp³-hybridized carbons (Fsp3) is 0.571. The van der Waals surface area contributed by atoms with Gasteiger partial charge in [0.2, 0.25) is 5.91 Å². The second kappa shape index (κ2) is 9.74. The van der Waals surface area contributed by atoms with Crippen LogP contribution in [0.4, 0.5) is 0 Å². The first-order valence-corrected chi connectivity index (χ1v) is 11.2. The summed E-state index contributed by atoms with van der Waals surface area (Å²) in [6.07, 6.45) is 6.76. The maximum absolute atomic E-state index is 12.9. The van der Waals surface area contributed by atoms with Gasteiger partial charge in [-0.3, -0.25) is 9.59 Å². The Bertz CT molecular complexity index is 916. The van der Waals surface area contributed by atoms with E-state index >= 15 is 0 Å². The van der Waals surface area contributed by atoms with Crippen LogP contribution in [0, 0.1) is 5.92 Å². The van der Waals surface area contributed by atoms with Gasteiger partial charge >= 0.3 is 0 Å². The molecule has 1 aromatic carbocycles. The number of aliphatic hydroxyl groups is 1. The molecule has 0 unspecified atom stereocenters. The van der Waals surface area contributed by atoms with Crippen molar-refractivity contribution < 1.29 is 14.7 Å². The summed E-state index contributed by atoms with van der Waals surface area (Å²) in [4.78, 5) is 27.4. The fourth-order valence-electron chi connectivity index (χ4n) is 4.62. The van der Waals surface area contributed by atoms with E-state index < -0.39 is 12.1 Å². The summed E-state index contributed by atoms with van der Waals surface area (Å²) in [5.74, 6) is -0.554. The maximum atomic E-state index is 12.9. The van der Waals surface area contributed by atoms with Crippen molar-refractivity contribution in [3.8, 4) is 5.69 Å². The molecule has 0 bridgehead atoms. The maximum Gasteiger partial charge on any atom is 0.252 e. The summed E-state index contributed by atoms with van der Waals surface area (Å²) in [6, 6.07) is 4.70. The van der Waals surface area contributed by atoms with Crippen LogP contribution in [0.3, 0.4) is 0 Å². The van der Waals surface area contributed by atoms with Crippen LogP contribution < -0.4 is 5.32 Å². The van der Waals surface area contributed by atoms with Crippen LogP contribution in [-0.2, 0) is 16.1 Å². The van der Waals surface area contributed by atoms with Gasteiger partial charge in [0.25, 0.3) is 5.91 Å². The molecule has 0 radical (unpaired) electrons. The lowest BCUT2D eigenvalue weighted by Crippen LogP contribution is -2.50. The lowest BCUT2D eigenvalue weighted by molar-refractivity contribution is -0.148. The van der Waals surface area contributed by atoms with Gasteiger partial charge in [0.05, 0.1) is 5.69 Å². The number of hydrogen-bond acceptors (Lipinski definition) is 6. The average molecular weight is 447 g/mol.